The van der Waals surface area contributed by atoms with E-state index >= 15 is 0 Å². The van der Waals surface area contributed by atoms with Gasteiger partial charge < -0.3 is 24.4 Å². The molecule has 1 amide bonds. The van der Waals surface area contributed by atoms with Crippen LogP contribution in [0.1, 0.15) is 22.0 Å². The fourth-order valence-corrected chi connectivity index (χ4v) is 2.70. The van der Waals surface area contributed by atoms with Crippen molar-refractivity contribution in [2.24, 2.45) is 0 Å². The molecule has 0 radical (unpaired) electrons. The largest absolute Gasteiger partial charge is 0.497 e. The van der Waals surface area contributed by atoms with Crippen LogP contribution in [-0.4, -0.2) is 52.8 Å². The molecule has 0 fully saturated rings. The van der Waals surface area contributed by atoms with Gasteiger partial charge in [0.15, 0.2) is 0 Å². The second-order valence-electron chi connectivity index (χ2n) is 6.03. The summed E-state index contributed by atoms with van der Waals surface area (Å²) in [6, 6.07) is 13.0. The molecule has 0 saturated carbocycles. The van der Waals surface area contributed by atoms with Gasteiger partial charge in [0, 0.05) is 12.6 Å². The molecule has 0 heterocycles. The summed E-state index contributed by atoms with van der Waals surface area (Å²) in [7, 11) is 8.71. The third-order valence-corrected chi connectivity index (χ3v) is 4.23. The van der Waals surface area contributed by atoms with E-state index in [4.69, 9.17) is 14.2 Å². The van der Waals surface area contributed by atoms with E-state index in [-0.39, 0.29) is 11.9 Å². The monoisotopic (exact) mass is 358 g/mol. The van der Waals surface area contributed by atoms with E-state index in [1.165, 1.54) is 7.11 Å². The molecular weight excluding hydrogens is 332 g/mol. The molecule has 1 unspecified atom stereocenters. The zero-order valence-electron chi connectivity index (χ0n) is 15.9. The number of nitrogens with zero attached hydrogens (tertiary/aromatic N) is 1. The number of hydrogen-bond donors (Lipinski definition) is 1. The highest BCUT2D eigenvalue weighted by atomic mass is 16.5. The van der Waals surface area contributed by atoms with Gasteiger partial charge in [0.05, 0.1) is 32.9 Å². The van der Waals surface area contributed by atoms with Gasteiger partial charge in [-0.2, -0.15) is 0 Å². The van der Waals surface area contributed by atoms with Crippen molar-refractivity contribution in [2.75, 3.05) is 42.0 Å². The average Bonchev–Trinajstić information content (AvgIpc) is 2.67. The molecule has 0 aliphatic carbocycles. The third-order valence-electron chi connectivity index (χ3n) is 4.23. The molecule has 0 aliphatic heterocycles. The number of carbonyl (C=O) groups excluding carboxylic acids is 1. The SMILES string of the molecule is COc1ccc(C(CNC(=O)c2ccc(OC)cc2OC)N(C)C)cc1. The Labute approximate surface area is 154 Å². The Kier molecular flexibility index (Phi) is 6.86. The van der Waals surface area contributed by atoms with Crippen molar-refractivity contribution < 1.29 is 19.0 Å². The molecule has 0 spiro atoms. The van der Waals surface area contributed by atoms with E-state index < -0.39 is 0 Å². The van der Waals surface area contributed by atoms with E-state index in [1.807, 2.05) is 38.4 Å². The number of amides is 1. The first-order valence-electron chi connectivity index (χ1n) is 8.30. The summed E-state index contributed by atoms with van der Waals surface area (Å²) in [6.07, 6.45) is 0. The predicted molar refractivity (Wildman–Crippen MR) is 101 cm³/mol. The maximum absolute atomic E-state index is 12.6. The van der Waals surface area contributed by atoms with E-state index in [1.54, 1.807) is 32.4 Å². The van der Waals surface area contributed by atoms with Crippen molar-refractivity contribution in [3.63, 3.8) is 0 Å². The van der Waals surface area contributed by atoms with Gasteiger partial charge in [-0.05, 0) is 43.9 Å². The van der Waals surface area contributed by atoms with E-state index in [9.17, 15) is 4.79 Å². The summed E-state index contributed by atoms with van der Waals surface area (Å²) in [5.41, 5.74) is 1.57. The van der Waals surface area contributed by atoms with E-state index in [0.29, 0.717) is 23.6 Å². The van der Waals surface area contributed by atoms with Crippen LogP contribution in [0, 0.1) is 0 Å². The lowest BCUT2D eigenvalue weighted by Crippen LogP contribution is -2.34. The first-order chi connectivity index (χ1) is 12.5. The standard InChI is InChI=1S/C20H26N2O4/c1-22(2)18(14-6-8-15(24-3)9-7-14)13-21-20(23)17-11-10-16(25-4)12-19(17)26-5/h6-12,18H,13H2,1-5H3,(H,21,23). The second kappa shape index (κ2) is 9.10. The molecular formula is C20H26N2O4. The van der Waals surface area contributed by atoms with Crippen LogP contribution in [-0.2, 0) is 0 Å². The lowest BCUT2D eigenvalue weighted by Gasteiger charge is -2.25. The molecule has 0 saturated heterocycles. The molecule has 140 valence electrons. The number of nitrogens with one attached hydrogen (secondary N) is 1. The third kappa shape index (κ3) is 4.67. The molecule has 2 rings (SSSR count). The Morgan fingerprint density at radius 3 is 2.12 bits per heavy atom. The lowest BCUT2D eigenvalue weighted by molar-refractivity contribution is 0.0939. The molecule has 2 aromatic rings. The normalized spacial score (nSPS) is 11.8. The Balaban J connectivity index is 2.12. The summed E-state index contributed by atoms with van der Waals surface area (Å²) in [5, 5.41) is 2.99. The van der Waals surface area contributed by atoms with Gasteiger partial charge in [-0.25, -0.2) is 0 Å². The van der Waals surface area contributed by atoms with Crippen molar-refractivity contribution in [1.29, 1.82) is 0 Å². The quantitative estimate of drug-likeness (QED) is 0.786. The van der Waals surface area contributed by atoms with E-state index in [2.05, 4.69) is 10.2 Å². The average molecular weight is 358 g/mol. The fraction of sp³-hybridized carbons (Fsp3) is 0.350. The number of hydrogen-bond acceptors (Lipinski definition) is 5. The Hall–Kier alpha value is -2.73. The zero-order chi connectivity index (χ0) is 19.1. The van der Waals surface area contributed by atoms with Crippen LogP contribution in [0.15, 0.2) is 42.5 Å². The van der Waals surface area contributed by atoms with E-state index in [0.717, 1.165) is 11.3 Å². The number of ether oxygens (including phenoxy) is 3. The van der Waals surface area contributed by atoms with Gasteiger partial charge in [-0.3, -0.25) is 4.79 Å². The molecule has 2 aromatic carbocycles. The van der Waals surface area contributed by atoms with Crippen LogP contribution in [0.3, 0.4) is 0 Å². The summed E-state index contributed by atoms with van der Waals surface area (Å²) >= 11 is 0. The molecule has 26 heavy (non-hydrogen) atoms. The van der Waals surface area contributed by atoms with Crippen molar-refractivity contribution >= 4 is 5.91 Å². The minimum absolute atomic E-state index is 0.0362. The summed E-state index contributed by atoms with van der Waals surface area (Å²) < 4.78 is 15.7. The fourth-order valence-electron chi connectivity index (χ4n) is 2.70. The molecule has 6 heteroatoms. The summed E-state index contributed by atoms with van der Waals surface area (Å²) in [4.78, 5) is 14.7. The Morgan fingerprint density at radius 1 is 0.962 bits per heavy atom. The van der Waals surface area contributed by atoms with Gasteiger partial charge in [-0.15, -0.1) is 0 Å². The molecule has 0 bridgehead atoms. The highest BCUT2D eigenvalue weighted by Gasteiger charge is 2.18. The van der Waals surface area contributed by atoms with Gasteiger partial charge >= 0.3 is 0 Å². The van der Waals surface area contributed by atoms with Crippen molar-refractivity contribution in [3.05, 3.63) is 53.6 Å². The Bertz CT molecular complexity index is 729. The molecule has 0 aliphatic rings. The maximum Gasteiger partial charge on any atom is 0.255 e. The minimum atomic E-state index is -0.190. The first-order valence-corrected chi connectivity index (χ1v) is 8.30. The van der Waals surface area contributed by atoms with Crippen LogP contribution in [0.25, 0.3) is 0 Å². The van der Waals surface area contributed by atoms with Crippen molar-refractivity contribution in [3.8, 4) is 17.2 Å². The minimum Gasteiger partial charge on any atom is -0.497 e. The topological polar surface area (TPSA) is 60.0 Å². The first kappa shape index (κ1) is 19.6. The van der Waals surface area contributed by atoms with Crippen LogP contribution in [0.5, 0.6) is 17.2 Å². The molecule has 0 aromatic heterocycles. The maximum atomic E-state index is 12.6. The van der Waals surface area contributed by atoms with Crippen LogP contribution < -0.4 is 19.5 Å². The van der Waals surface area contributed by atoms with Crippen LogP contribution in [0.4, 0.5) is 0 Å². The summed E-state index contributed by atoms with van der Waals surface area (Å²) in [5.74, 6) is 1.73. The molecule has 6 nitrogen and oxygen atoms in total. The molecule has 1 atom stereocenters. The van der Waals surface area contributed by atoms with Gasteiger partial charge in [0.2, 0.25) is 0 Å². The lowest BCUT2D eigenvalue weighted by atomic mass is 10.1. The van der Waals surface area contributed by atoms with Gasteiger partial charge in [0.1, 0.15) is 17.2 Å². The van der Waals surface area contributed by atoms with Crippen molar-refractivity contribution in [1.82, 2.24) is 10.2 Å². The smallest absolute Gasteiger partial charge is 0.255 e. The van der Waals surface area contributed by atoms with Crippen LogP contribution in [0.2, 0.25) is 0 Å². The Morgan fingerprint density at radius 2 is 1.58 bits per heavy atom. The van der Waals surface area contributed by atoms with Gasteiger partial charge in [-0.1, -0.05) is 12.1 Å². The number of rotatable bonds is 8. The van der Waals surface area contributed by atoms with Crippen LogP contribution >= 0.6 is 0 Å². The highest BCUT2D eigenvalue weighted by Crippen LogP contribution is 2.25. The van der Waals surface area contributed by atoms with Crippen molar-refractivity contribution in [2.45, 2.75) is 6.04 Å². The summed E-state index contributed by atoms with van der Waals surface area (Å²) in [6.45, 7) is 0.466. The number of benzene rings is 2. The number of likely N-dealkylation sites (N-methyl/N-ethyl adjacent to an activating group) is 1. The molecule has 1 N–H and O–H groups in total. The number of methoxy groups -OCH3 is 3. The zero-order valence-corrected chi connectivity index (χ0v) is 15.9. The van der Waals surface area contributed by atoms with Gasteiger partial charge in [0.25, 0.3) is 5.91 Å². The predicted octanol–water partition coefficient (Wildman–Crippen LogP) is 2.75. The highest BCUT2D eigenvalue weighted by molar-refractivity contribution is 5.97. The number of carbonyl (C=O) groups is 1. The second-order valence-corrected chi connectivity index (χ2v) is 6.03.